The highest BCUT2D eigenvalue weighted by atomic mass is 31.2. The van der Waals surface area contributed by atoms with Crippen molar-refractivity contribution in [1.29, 1.82) is 0 Å². The first kappa shape index (κ1) is 27.3. The Morgan fingerprint density at radius 2 is 0.795 bits per heavy atom. The molecular formula is C30H38N3O3P3. The SMILES string of the molecule is CCN(CC)P1(=O)c2cc(C)cc3c2N2c4c(cc(C)cc4P(=O)(N(CC)CC)c4cc(C)cc1c42)P3(C)=O. The summed E-state index contributed by atoms with van der Waals surface area (Å²) in [5.41, 5.74) is 5.20. The molecule has 2 atom stereocenters. The van der Waals surface area contributed by atoms with Crippen LogP contribution in [0.3, 0.4) is 0 Å². The van der Waals surface area contributed by atoms with Crippen molar-refractivity contribution in [2.24, 2.45) is 0 Å². The number of rotatable bonds is 6. The quantitative estimate of drug-likeness (QED) is 0.378. The van der Waals surface area contributed by atoms with Crippen LogP contribution in [0.1, 0.15) is 44.4 Å². The van der Waals surface area contributed by atoms with Crippen molar-refractivity contribution in [2.45, 2.75) is 48.5 Å². The molecule has 0 amide bonds. The van der Waals surface area contributed by atoms with E-state index in [1.165, 1.54) is 0 Å². The van der Waals surface area contributed by atoms with E-state index in [0.717, 1.165) is 65.6 Å². The second kappa shape index (κ2) is 8.78. The van der Waals surface area contributed by atoms with Crippen LogP contribution in [-0.2, 0) is 13.7 Å². The van der Waals surface area contributed by atoms with Crippen molar-refractivity contribution in [2.75, 3.05) is 37.7 Å². The Balaban J connectivity index is 1.92. The molecule has 3 aliphatic rings. The van der Waals surface area contributed by atoms with Crippen molar-refractivity contribution in [3.63, 3.8) is 0 Å². The van der Waals surface area contributed by atoms with Gasteiger partial charge in [-0.3, -0.25) is 9.13 Å². The number of hydrogen-bond donors (Lipinski definition) is 0. The minimum Gasteiger partial charge on any atom is -0.314 e. The molecular weight excluding hydrogens is 543 g/mol. The Bertz CT molecular complexity index is 1610. The van der Waals surface area contributed by atoms with E-state index in [0.29, 0.717) is 26.2 Å². The molecule has 3 aromatic rings. The molecule has 3 aliphatic heterocycles. The molecule has 3 heterocycles. The third-order valence-electron chi connectivity index (χ3n) is 8.80. The van der Waals surface area contributed by atoms with E-state index in [2.05, 4.69) is 26.4 Å². The molecule has 0 aromatic heterocycles. The smallest absolute Gasteiger partial charge is 0.211 e. The number of hydrogen-bond acceptors (Lipinski definition) is 4. The fourth-order valence-electron chi connectivity index (χ4n) is 7.06. The van der Waals surface area contributed by atoms with Gasteiger partial charge in [-0.25, -0.2) is 9.34 Å². The van der Waals surface area contributed by atoms with Crippen molar-refractivity contribution in [1.82, 2.24) is 9.34 Å². The van der Waals surface area contributed by atoms with Crippen LogP contribution in [0.15, 0.2) is 36.4 Å². The lowest BCUT2D eigenvalue weighted by atomic mass is 10.1. The summed E-state index contributed by atoms with van der Waals surface area (Å²) in [4.78, 5) is 2.19. The van der Waals surface area contributed by atoms with Gasteiger partial charge in [0.05, 0.1) is 38.3 Å². The molecule has 0 spiro atoms. The molecule has 3 aromatic carbocycles. The molecule has 0 radical (unpaired) electrons. The van der Waals surface area contributed by atoms with Gasteiger partial charge in [0, 0.05) is 36.8 Å². The van der Waals surface area contributed by atoms with Gasteiger partial charge in [-0.1, -0.05) is 27.7 Å². The molecule has 206 valence electrons. The number of anilines is 3. The van der Waals surface area contributed by atoms with Crippen LogP contribution >= 0.6 is 21.7 Å². The van der Waals surface area contributed by atoms with E-state index in [4.69, 9.17) is 0 Å². The largest absolute Gasteiger partial charge is 0.314 e. The molecule has 0 saturated heterocycles. The summed E-state index contributed by atoms with van der Waals surface area (Å²) < 4.78 is 50.6. The fraction of sp³-hybridized carbons (Fsp3) is 0.400. The highest BCUT2D eigenvalue weighted by molar-refractivity contribution is 7.82. The summed E-state index contributed by atoms with van der Waals surface area (Å²) in [6, 6.07) is 12.2. The predicted molar refractivity (Wildman–Crippen MR) is 168 cm³/mol. The first-order valence-electron chi connectivity index (χ1n) is 14.0. The van der Waals surface area contributed by atoms with Crippen LogP contribution in [0, 0.1) is 20.8 Å². The standard InChI is InChI=1S/C30H38N3O3P3/c1-9-31(10-2)38(35)24-15-19(5)13-22-28(24)33-29-23(37(22,8)34)14-20(6)16-25(29)39(36,32(11-3)12-4)27-18-21(7)17-26(38)30(27)33/h13-18H,9-12H2,1-8H3. The summed E-state index contributed by atoms with van der Waals surface area (Å²) in [5.74, 6) is 0. The van der Waals surface area contributed by atoms with E-state index in [1.807, 2.05) is 79.4 Å². The fourth-order valence-corrected chi connectivity index (χ4v) is 16.6. The van der Waals surface area contributed by atoms with Crippen molar-refractivity contribution < 1.29 is 13.7 Å². The van der Waals surface area contributed by atoms with Crippen LogP contribution in [0.2, 0.25) is 0 Å². The van der Waals surface area contributed by atoms with E-state index in [9.17, 15) is 4.57 Å². The van der Waals surface area contributed by atoms with Crippen LogP contribution in [0.4, 0.5) is 17.1 Å². The van der Waals surface area contributed by atoms with E-state index >= 15 is 9.13 Å². The van der Waals surface area contributed by atoms with Crippen molar-refractivity contribution in [3.05, 3.63) is 53.1 Å². The van der Waals surface area contributed by atoms with Gasteiger partial charge in [0.2, 0.25) is 14.6 Å². The van der Waals surface area contributed by atoms with Gasteiger partial charge in [-0.05, 0) is 80.5 Å². The highest BCUT2D eigenvalue weighted by Gasteiger charge is 2.56. The molecule has 0 bridgehead atoms. The summed E-state index contributed by atoms with van der Waals surface area (Å²) >= 11 is 0. The summed E-state index contributed by atoms with van der Waals surface area (Å²) in [7, 11) is -9.81. The molecule has 0 aliphatic carbocycles. The second-order valence-corrected chi connectivity index (χ2v) is 19.3. The van der Waals surface area contributed by atoms with Gasteiger partial charge in [0.25, 0.3) is 0 Å². The molecule has 6 nitrogen and oxygen atoms in total. The van der Waals surface area contributed by atoms with Crippen LogP contribution in [0.5, 0.6) is 0 Å². The van der Waals surface area contributed by atoms with E-state index in [-0.39, 0.29) is 0 Å². The van der Waals surface area contributed by atoms with Crippen LogP contribution in [-0.4, -0.2) is 42.2 Å². The van der Waals surface area contributed by atoms with Crippen LogP contribution < -0.4 is 36.7 Å². The minimum atomic E-state index is -3.35. The third-order valence-corrected chi connectivity index (χ3v) is 18.0. The number of nitrogens with zero attached hydrogens (tertiary/aromatic N) is 3. The summed E-state index contributed by atoms with van der Waals surface area (Å²) in [5, 5.41) is 4.52. The first-order chi connectivity index (χ1) is 18.4. The Hall–Kier alpha value is -1.93. The summed E-state index contributed by atoms with van der Waals surface area (Å²) in [6.45, 7) is 18.5. The second-order valence-electron chi connectivity index (χ2n) is 11.1. The number of benzene rings is 3. The monoisotopic (exact) mass is 581 g/mol. The van der Waals surface area contributed by atoms with Crippen molar-refractivity contribution >= 4 is 70.6 Å². The van der Waals surface area contributed by atoms with Gasteiger partial charge in [0.1, 0.15) is 7.14 Å². The van der Waals surface area contributed by atoms with Crippen molar-refractivity contribution in [3.8, 4) is 0 Å². The topological polar surface area (TPSA) is 60.9 Å². The Morgan fingerprint density at radius 3 is 1.08 bits per heavy atom. The zero-order valence-corrected chi connectivity index (χ0v) is 26.9. The minimum absolute atomic E-state index is 0.609. The van der Waals surface area contributed by atoms with Gasteiger partial charge >= 0.3 is 0 Å². The Morgan fingerprint density at radius 1 is 0.538 bits per heavy atom. The molecule has 0 N–H and O–H groups in total. The van der Waals surface area contributed by atoms with Crippen LogP contribution in [0.25, 0.3) is 0 Å². The molecule has 2 unspecified atom stereocenters. The lowest BCUT2D eigenvalue weighted by Gasteiger charge is -2.51. The van der Waals surface area contributed by atoms with E-state index in [1.54, 1.807) is 0 Å². The predicted octanol–water partition coefficient (Wildman–Crippen LogP) is 5.11. The summed E-state index contributed by atoms with van der Waals surface area (Å²) in [6.07, 6.45) is 0. The normalized spacial score (nSPS) is 25.8. The maximum Gasteiger partial charge on any atom is 0.211 e. The van der Waals surface area contributed by atoms with Gasteiger partial charge in [-0.15, -0.1) is 0 Å². The lowest BCUT2D eigenvalue weighted by Crippen LogP contribution is -2.53. The van der Waals surface area contributed by atoms with Gasteiger partial charge < -0.3 is 9.46 Å². The highest BCUT2D eigenvalue weighted by Crippen LogP contribution is 2.66. The Kier molecular flexibility index (Phi) is 6.14. The average Bonchev–Trinajstić information content (AvgIpc) is 2.89. The molecule has 6 rings (SSSR count). The van der Waals surface area contributed by atoms with Gasteiger partial charge in [0.15, 0.2) is 0 Å². The number of aryl methyl sites for hydroxylation is 3. The zero-order chi connectivity index (χ0) is 28.2. The molecule has 9 heteroatoms. The Labute approximate surface area is 232 Å². The molecule has 39 heavy (non-hydrogen) atoms. The first-order valence-corrected chi connectivity index (χ1v) is 19.4. The third kappa shape index (κ3) is 3.22. The lowest BCUT2D eigenvalue weighted by molar-refractivity contribution is 0.457. The molecule has 0 saturated carbocycles. The zero-order valence-electron chi connectivity index (χ0n) is 24.2. The maximum atomic E-state index is 15.8. The molecule has 0 fully saturated rings. The average molecular weight is 582 g/mol. The van der Waals surface area contributed by atoms with Gasteiger partial charge in [-0.2, -0.15) is 0 Å². The van der Waals surface area contributed by atoms with E-state index < -0.39 is 21.7 Å². The maximum absolute atomic E-state index is 15.8.